The van der Waals surface area contributed by atoms with E-state index in [0.717, 1.165) is 11.1 Å². The third-order valence-corrected chi connectivity index (χ3v) is 4.45. The molecule has 0 saturated heterocycles. The number of hydrogen-bond donors (Lipinski definition) is 0. The van der Waals surface area contributed by atoms with Gasteiger partial charge in [-0.25, -0.2) is 0 Å². The molecule has 106 valence electrons. The van der Waals surface area contributed by atoms with Gasteiger partial charge in [-0.3, -0.25) is 0 Å². The van der Waals surface area contributed by atoms with Gasteiger partial charge in [0.05, 0.1) is 0 Å². The van der Waals surface area contributed by atoms with Crippen LogP contribution in [0.2, 0.25) is 0 Å². The summed E-state index contributed by atoms with van der Waals surface area (Å²) in [7, 11) is 0. The van der Waals surface area contributed by atoms with Crippen LogP contribution in [0.5, 0.6) is 0 Å². The highest BCUT2D eigenvalue weighted by atomic mass is 35.5. The molecule has 1 aliphatic carbocycles. The van der Waals surface area contributed by atoms with Gasteiger partial charge in [-0.1, -0.05) is 71.7 Å². The summed E-state index contributed by atoms with van der Waals surface area (Å²) < 4.78 is 0. The second kappa shape index (κ2) is 5.31. The van der Waals surface area contributed by atoms with Crippen molar-refractivity contribution in [1.29, 1.82) is 0 Å². The standard InChI is InChI=1S/C20H12Cl2/c21-11-9-14-7-8-15(10-12-22)20-17-6-2-4-13-3-1-5-16(18(13)17)19(14)20/h1-12H/b11-9+,12-10+. The lowest BCUT2D eigenvalue weighted by atomic mass is 9.94. The zero-order chi connectivity index (χ0) is 15.1. The molecule has 22 heavy (non-hydrogen) atoms. The normalized spacial score (nSPS) is 12.6. The number of benzene rings is 3. The van der Waals surface area contributed by atoms with Gasteiger partial charge in [0.2, 0.25) is 0 Å². The van der Waals surface area contributed by atoms with Crippen molar-refractivity contribution in [2.75, 3.05) is 0 Å². The van der Waals surface area contributed by atoms with Crippen LogP contribution < -0.4 is 0 Å². The van der Waals surface area contributed by atoms with Crippen LogP contribution in [0.3, 0.4) is 0 Å². The lowest BCUT2D eigenvalue weighted by Gasteiger charge is -2.10. The average molecular weight is 323 g/mol. The Bertz CT molecular complexity index is 876. The fraction of sp³-hybridized carbons (Fsp3) is 0. The minimum atomic E-state index is 1.13. The first-order valence-corrected chi connectivity index (χ1v) is 7.95. The number of hydrogen-bond acceptors (Lipinski definition) is 0. The van der Waals surface area contributed by atoms with Gasteiger partial charge in [0.25, 0.3) is 0 Å². The van der Waals surface area contributed by atoms with E-state index >= 15 is 0 Å². The Morgan fingerprint density at radius 2 is 1.14 bits per heavy atom. The monoisotopic (exact) mass is 322 g/mol. The predicted octanol–water partition coefficient (Wildman–Crippen LogP) is 6.91. The van der Waals surface area contributed by atoms with Gasteiger partial charge in [0.15, 0.2) is 0 Å². The minimum absolute atomic E-state index is 1.13. The Kier molecular flexibility index (Phi) is 3.29. The molecule has 0 saturated carbocycles. The van der Waals surface area contributed by atoms with Crippen molar-refractivity contribution in [2.24, 2.45) is 0 Å². The molecule has 3 aromatic rings. The van der Waals surface area contributed by atoms with E-state index in [-0.39, 0.29) is 0 Å². The zero-order valence-electron chi connectivity index (χ0n) is 11.7. The van der Waals surface area contributed by atoms with Crippen molar-refractivity contribution in [2.45, 2.75) is 0 Å². The van der Waals surface area contributed by atoms with Crippen LogP contribution in [-0.2, 0) is 0 Å². The molecular weight excluding hydrogens is 311 g/mol. The topological polar surface area (TPSA) is 0 Å². The number of fused-ring (bicyclic) bond motifs is 3. The minimum Gasteiger partial charge on any atom is -0.0929 e. The molecule has 0 aromatic heterocycles. The van der Waals surface area contributed by atoms with Crippen LogP contribution in [0.15, 0.2) is 59.6 Å². The molecule has 0 atom stereocenters. The highest BCUT2D eigenvalue weighted by molar-refractivity contribution is 6.28. The van der Waals surface area contributed by atoms with E-state index in [0.29, 0.717) is 0 Å². The summed E-state index contributed by atoms with van der Waals surface area (Å²) in [4.78, 5) is 0. The summed E-state index contributed by atoms with van der Waals surface area (Å²) in [6.07, 6.45) is 3.89. The Balaban J connectivity index is 2.20. The second-order valence-electron chi connectivity index (χ2n) is 5.29. The molecule has 0 spiro atoms. The fourth-order valence-electron chi connectivity index (χ4n) is 3.39. The van der Waals surface area contributed by atoms with E-state index in [2.05, 4.69) is 48.5 Å². The highest BCUT2D eigenvalue weighted by Crippen LogP contribution is 2.50. The molecule has 0 fully saturated rings. The van der Waals surface area contributed by atoms with Crippen LogP contribution in [0, 0.1) is 0 Å². The van der Waals surface area contributed by atoms with E-state index in [1.807, 2.05) is 12.2 Å². The van der Waals surface area contributed by atoms with E-state index in [9.17, 15) is 0 Å². The average Bonchev–Trinajstić information content (AvgIpc) is 2.88. The van der Waals surface area contributed by atoms with E-state index < -0.39 is 0 Å². The Labute approximate surface area is 139 Å². The SMILES string of the molecule is Cl/C=C/c1ccc(/C=C/Cl)c2c1-c1cccc3cccc-2c13. The summed E-state index contributed by atoms with van der Waals surface area (Å²) in [5, 5.41) is 2.56. The van der Waals surface area contributed by atoms with Gasteiger partial charge < -0.3 is 0 Å². The van der Waals surface area contributed by atoms with Crippen LogP contribution in [0.4, 0.5) is 0 Å². The van der Waals surface area contributed by atoms with Crippen molar-refractivity contribution in [3.8, 4) is 22.3 Å². The quantitative estimate of drug-likeness (QED) is 0.376. The van der Waals surface area contributed by atoms with Gasteiger partial charge in [-0.2, -0.15) is 0 Å². The summed E-state index contributed by atoms with van der Waals surface area (Å²) in [6, 6.07) is 17.1. The Hall–Kier alpha value is -2.02. The smallest absolute Gasteiger partial charge is 0.00486 e. The fourth-order valence-corrected chi connectivity index (χ4v) is 3.66. The summed E-state index contributed by atoms with van der Waals surface area (Å²) >= 11 is 11.7. The largest absolute Gasteiger partial charge is 0.0929 e. The molecule has 0 amide bonds. The predicted molar refractivity (Wildman–Crippen MR) is 98.2 cm³/mol. The van der Waals surface area contributed by atoms with E-state index in [1.165, 1.54) is 33.0 Å². The maximum Gasteiger partial charge on any atom is 0.00486 e. The lowest BCUT2D eigenvalue weighted by molar-refractivity contribution is 1.62. The van der Waals surface area contributed by atoms with Crippen LogP contribution >= 0.6 is 23.2 Å². The first-order chi connectivity index (χ1) is 10.8. The molecule has 0 heterocycles. The highest BCUT2D eigenvalue weighted by Gasteiger charge is 2.24. The van der Waals surface area contributed by atoms with Crippen molar-refractivity contribution in [3.63, 3.8) is 0 Å². The Morgan fingerprint density at radius 1 is 0.636 bits per heavy atom. The van der Waals surface area contributed by atoms with Gasteiger partial charge in [0.1, 0.15) is 0 Å². The maximum absolute atomic E-state index is 5.84. The maximum atomic E-state index is 5.84. The summed E-state index contributed by atoms with van der Waals surface area (Å²) in [5.74, 6) is 0. The van der Waals surface area contributed by atoms with E-state index in [1.54, 1.807) is 11.1 Å². The third kappa shape index (κ3) is 1.85. The van der Waals surface area contributed by atoms with Crippen molar-refractivity contribution in [3.05, 3.63) is 70.7 Å². The molecule has 3 aromatic carbocycles. The molecule has 0 N–H and O–H groups in total. The third-order valence-electron chi connectivity index (χ3n) is 4.20. The molecule has 0 nitrogen and oxygen atoms in total. The van der Waals surface area contributed by atoms with E-state index in [4.69, 9.17) is 23.2 Å². The molecule has 4 rings (SSSR count). The van der Waals surface area contributed by atoms with Crippen LogP contribution in [-0.4, -0.2) is 0 Å². The number of halogens is 2. The van der Waals surface area contributed by atoms with Crippen LogP contribution in [0.1, 0.15) is 11.1 Å². The molecule has 0 radical (unpaired) electrons. The molecule has 0 bridgehead atoms. The lowest BCUT2D eigenvalue weighted by Crippen LogP contribution is -1.86. The van der Waals surface area contributed by atoms with Gasteiger partial charge >= 0.3 is 0 Å². The zero-order valence-corrected chi connectivity index (χ0v) is 13.2. The Morgan fingerprint density at radius 3 is 1.59 bits per heavy atom. The molecule has 0 unspecified atom stereocenters. The van der Waals surface area contributed by atoms with Crippen molar-refractivity contribution in [1.82, 2.24) is 0 Å². The first kappa shape index (κ1) is 13.6. The molecular formula is C20H12Cl2. The first-order valence-electron chi connectivity index (χ1n) is 7.08. The second-order valence-corrected chi connectivity index (χ2v) is 5.79. The summed E-state index contributed by atoms with van der Waals surface area (Å²) in [5.41, 5.74) is 10.4. The van der Waals surface area contributed by atoms with Gasteiger partial charge in [0, 0.05) is 11.1 Å². The van der Waals surface area contributed by atoms with Crippen LogP contribution in [0.25, 0.3) is 45.2 Å². The van der Waals surface area contributed by atoms with Crippen molar-refractivity contribution >= 4 is 46.1 Å². The molecule has 1 aliphatic rings. The molecule has 2 heteroatoms. The molecule has 0 aliphatic heterocycles. The number of rotatable bonds is 2. The summed E-state index contributed by atoms with van der Waals surface area (Å²) in [6.45, 7) is 0. The van der Waals surface area contributed by atoms with Crippen molar-refractivity contribution < 1.29 is 0 Å². The van der Waals surface area contributed by atoms with Gasteiger partial charge in [-0.15, -0.1) is 0 Å². The van der Waals surface area contributed by atoms with Gasteiger partial charge in [-0.05, 0) is 56.3 Å².